The maximum absolute atomic E-state index is 5.12. The largest absolute Gasteiger partial charge is 0.385 e. The minimum absolute atomic E-state index is 0.522. The highest BCUT2D eigenvalue weighted by atomic mass is 16.5. The Kier molecular flexibility index (Phi) is 4.90. The van der Waals surface area contributed by atoms with Crippen LogP contribution in [0.15, 0.2) is 0 Å². The molecule has 2 heteroatoms. The molecule has 14 heavy (non-hydrogen) atoms. The van der Waals surface area contributed by atoms with Crippen LogP contribution in [0.1, 0.15) is 39.5 Å². The first kappa shape index (κ1) is 12.0. The summed E-state index contributed by atoms with van der Waals surface area (Å²) < 4.78 is 5.12. The Hall–Kier alpha value is -0.0800. The van der Waals surface area contributed by atoms with E-state index in [4.69, 9.17) is 4.74 Å². The van der Waals surface area contributed by atoms with Gasteiger partial charge in [0.25, 0.3) is 0 Å². The highest BCUT2D eigenvalue weighted by Gasteiger charge is 2.40. The smallest absolute Gasteiger partial charge is 0.0462 e. The minimum Gasteiger partial charge on any atom is -0.385 e. The molecule has 0 heterocycles. The van der Waals surface area contributed by atoms with E-state index in [9.17, 15) is 0 Å². The van der Waals surface area contributed by atoms with Gasteiger partial charge in [-0.1, -0.05) is 13.8 Å². The Balaban J connectivity index is 2.28. The lowest BCUT2D eigenvalue weighted by molar-refractivity contribution is 0.159. The first-order valence-corrected chi connectivity index (χ1v) is 5.92. The summed E-state index contributed by atoms with van der Waals surface area (Å²) in [6.07, 6.45) is 5.39. The zero-order chi connectivity index (χ0) is 10.4. The summed E-state index contributed by atoms with van der Waals surface area (Å²) in [6, 6.07) is 0. The van der Waals surface area contributed by atoms with Gasteiger partial charge in [0.2, 0.25) is 0 Å². The molecule has 0 saturated heterocycles. The first-order chi connectivity index (χ1) is 6.73. The predicted octanol–water partition coefficient (Wildman–Crippen LogP) is 2.44. The van der Waals surface area contributed by atoms with Gasteiger partial charge in [-0.25, -0.2) is 0 Å². The van der Waals surface area contributed by atoms with Gasteiger partial charge < -0.3 is 10.1 Å². The molecule has 0 aliphatic heterocycles. The number of ether oxygens (including phenoxy) is 1. The van der Waals surface area contributed by atoms with Crippen LogP contribution in [0.2, 0.25) is 0 Å². The van der Waals surface area contributed by atoms with E-state index in [1.54, 1.807) is 7.11 Å². The van der Waals surface area contributed by atoms with Gasteiger partial charge >= 0.3 is 0 Å². The van der Waals surface area contributed by atoms with Crippen LogP contribution in [0.4, 0.5) is 0 Å². The standard InChI is InChI=1S/C12H25NO/c1-4-13-10-12(2,11-6-7-11)8-5-9-14-3/h11,13H,4-10H2,1-3H3. The van der Waals surface area contributed by atoms with Gasteiger partial charge in [-0.05, 0) is 43.6 Å². The summed E-state index contributed by atoms with van der Waals surface area (Å²) in [5.74, 6) is 0.971. The van der Waals surface area contributed by atoms with Gasteiger partial charge in [-0.15, -0.1) is 0 Å². The minimum atomic E-state index is 0.522. The molecule has 0 amide bonds. The van der Waals surface area contributed by atoms with Crippen LogP contribution >= 0.6 is 0 Å². The Morgan fingerprint density at radius 1 is 1.43 bits per heavy atom. The van der Waals surface area contributed by atoms with Crippen molar-refractivity contribution in [2.24, 2.45) is 11.3 Å². The fourth-order valence-corrected chi connectivity index (χ4v) is 2.25. The molecule has 0 bridgehead atoms. The Bertz CT molecular complexity index is 156. The van der Waals surface area contributed by atoms with Crippen molar-refractivity contribution >= 4 is 0 Å². The third-order valence-corrected chi connectivity index (χ3v) is 3.44. The van der Waals surface area contributed by atoms with Crippen molar-refractivity contribution in [1.82, 2.24) is 5.32 Å². The van der Waals surface area contributed by atoms with Crippen LogP contribution in [0.5, 0.6) is 0 Å². The van der Waals surface area contributed by atoms with E-state index in [0.717, 1.165) is 19.1 Å². The Morgan fingerprint density at radius 3 is 2.64 bits per heavy atom. The first-order valence-electron chi connectivity index (χ1n) is 5.92. The maximum atomic E-state index is 5.12. The van der Waals surface area contributed by atoms with Crippen molar-refractivity contribution < 1.29 is 4.74 Å². The van der Waals surface area contributed by atoms with Gasteiger partial charge in [0.15, 0.2) is 0 Å². The van der Waals surface area contributed by atoms with Crippen molar-refractivity contribution in [1.29, 1.82) is 0 Å². The molecule has 1 fully saturated rings. The lowest BCUT2D eigenvalue weighted by Gasteiger charge is -2.30. The van der Waals surface area contributed by atoms with E-state index in [-0.39, 0.29) is 0 Å². The second-order valence-corrected chi connectivity index (χ2v) is 4.80. The third-order valence-electron chi connectivity index (χ3n) is 3.44. The van der Waals surface area contributed by atoms with Crippen molar-refractivity contribution in [3.8, 4) is 0 Å². The number of hydrogen-bond acceptors (Lipinski definition) is 2. The van der Waals surface area contributed by atoms with Crippen LogP contribution in [0, 0.1) is 11.3 Å². The summed E-state index contributed by atoms with van der Waals surface area (Å²) in [7, 11) is 1.79. The molecule has 1 rings (SSSR count). The zero-order valence-electron chi connectivity index (χ0n) is 9.94. The molecule has 0 aromatic heterocycles. The number of methoxy groups -OCH3 is 1. The second kappa shape index (κ2) is 5.72. The van der Waals surface area contributed by atoms with Crippen molar-refractivity contribution in [2.45, 2.75) is 39.5 Å². The monoisotopic (exact) mass is 199 g/mol. The van der Waals surface area contributed by atoms with E-state index in [0.29, 0.717) is 5.41 Å². The van der Waals surface area contributed by atoms with Gasteiger partial charge in [-0.2, -0.15) is 0 Å². The summed E-state index contributed by atoms with van der Waals surface area (Å²) >= 11 is 0. The summed E-state index contributed by atoms with van der Waals surface area (Å²) in [6.45, 7) is 7.80. The maximum Gasteiger partial charge on any atom is 0.0462 e. The summed E-state index contributed by atoms with van der Waals surface area (Å²) in [4.78, 5) is 0. The fraction of sp³-hybridized carbons (Fsp3) is 1.00. The zero-order valence-corrected chi connectivity index (χ0v) is 9.94. The average molecular weight is 199 g/mol. The molecule has 0 radical (unpaired) electrons. The molecular formula is C12H25NO. The van der Waals surface area contributed by atoms with Crippen LogP contribution < -0.4 is 5.32 Å². The molecule has 0 aromatic carbocycles. The normalized spacial score (nSPS) is 20.8. The second-order valence-electron chi connectivity index (χ2n) is 4.80. The number of rotatable bonds is 8. The van der Waals surface area contributed by atoms with Crippen molar-refractivity contribution in [3.63, 3.8) is 0 Å². The highest BCUT2D eigenvalue weighted by Crippen LogP contribution is 2.47. The molecule has 1 saturated carbocycles. The van der Waals surface area contributed by atoms with E-state index < -0.39 is 0 Å². The molecule has 0 aromatic rings. The van der Waals surface area contributed by atoms with E-state index in [1.807, 2.05) is 0 Å². The number of hydrogen-bond donors (Lipinski definition) is 1. The fourth-order valence-electron chi connectivity index (χ4n) is 2.25. The highest BCUT2D eigenvalue weighted by molar-refractivity contribution is 4.92. The third kappa shape index (κ3) is 3.58. The quantitative estimate of drug-likeness (QED) is 0.606. The number of nitrogens with one attached hydrogen (secondary N) is 1. The average Bonchev–Trinajstić information content (AvgIpc) is 2.98. The van der Waals surface area contributed by atoms with Gasteiger partial charge in [0, 0.05) is 20.3 Å². The molecule has 1 aliphatic rings. The van der Waals surface area contributed by atoms with Crippen LogP contribution in [-0.2, 0) is 4.74 Å². The van der Waals surface area contributed by atoms with E-state index in [2.05, 4.69) is 19.2 Å². The molecule has 1 unspecified atom stereocenters. The lowest BCUT2D eigenvalue weighted by atomic mass is 9.80. The SMILES string of the molecule is CCNCC(C)(CCCOC)C1CC1. The van der Waals surface area contributed by atoms with Crippen LogP contribution in [-0.4, -0.2) is 26.8 Å². The van der Waals surface area contributed by atoms with Crippen LogP contribution in [0.3, 0.4) is 0 Å². The Morgan fingerprint density at radius 2 is 2.14 bits per heavy atom. The van der Waals surface area contributed by atoms with Gasteiger partial charge in [0.05, 0.1) is 0 Å². The lowest BCUT2D eigenvalue weighted by Crippen LogP contribution is -2.33. The summed E-state index contributed by atoms with van der Waals surface area (Å²) in [5.41, 5.74) is 0.522. The van der Waals surface area contributed by atoms with Gasteiger partial charge in [-0.3, -0.25) is 0 Å². The molecule has 0 spiro atoms. The summed E-state index contributed by atoms with van der Waals surface area (Å²) in [5, 5.41) is 3.50. The van der Waals surface area contributed by atoms with E-state index >= 15 is 0 Å². The van der Waals surface area contributed by atoms with Gasteiger partial charge in [0.1, 0.15) is 0 Å². The predicted molar refractivity (Wildman–Crippen MR) is 60.5 cm³/mol. The van der Waals surface area contributed by atoms with Crippen LogP contribution in [0.25, 0.3) is 0 Å². The molecule has 84 valence electrons. The van der Waals surface area contributed by atoms with E-state index in [1.165, 1.54) is 32.2 Å². The molecular weight excluding hydrogens is 174 g/mol. The topological polar surface area (TPSA) is 21.3 Å². The van der Waals surface area contributed by atoms with Crippen molar-refractivity contribution in [3.05, 3.63) is 0 Å². The Labute approximate surface area is 88.4 Å². The molecule has 1 atom stereocenters. The van der Waals surface area contributed by atoms with Crippen molar-refractivity contribution in [2.75, 3.05) is 26.8 Å². The molecule has 1 N–H and O–H groups in total. The molecule has 1 aliphatic carbocycles. The molecule has 2 nitrogen and oxygen atoms in total.